The summed E-state index contributed by atoms with van der Waals surface area (Å²) in [7, 11) is 0. The van der Waals surface area contributed by atoms with Crippen LogP contribution in [-0.2, 0) is 13.1 Å². The Hall–Kier alpha value is -1.46. The first-order valence-corrected chi connectivity index (χ1v) is 5.98. The summed E-state index contributed by atoms with van der Waals surface area (Å²) in [4.78, 5) is 7.98. The zero-order valence-electron chi connectivity index (χ0n) is 9.10. The molecule has 17 heavy (non-hydrogen) atoms. The van der Waals surface area contributed by atoms with Crippen LogP contribution in [0.5, 0.6) is 5.75 Å². The first-order chi connectivity index (χ1) is 8.25. The van der Waals surface area contributed by atoms with Gasteiger partial charge in [0.15, 0.2) is 0 Å². The highest BCUT2D eigenvalue weighted by Crippen LogP contribution is 2.24. The molecule has 0 amide bonds. The fraction of sp³-hybridized carbons (Fsp3) is 0.167. The molecule has 2 aromatic rings. The Morgan fingerprint density at radius 2 is 2.12 bits per heavy atom. The van der Waals surface area contributed by atoms with Gasteiger partial charge in [0, 0.05) is 19.3 Å². The second-order valence-electron chi connectivity index (χ2n) is 3.59. The first kappa shape index (κ1) is 12.0. The van der Waals surface area contributed by atoms with Crippen molar-refractivity contribution in [1.29, 1.82) is 0 Å². The van der Waals surface area contributed by atoms with E-state index < -0.39 is 0 Å². The third-order valence-corrected chi connectivity index (χ3v) is 2.93. The van der Waals surface area contributed by atoms with Crippen molar-refractivity contribution in [1.82, 2.24) is 15.3 Å². The largest absolute Gasteiger partial charge is 0.507 e. The van der Waals surface area contributed by atoms with Gasteiger partial charge in [0.25, 0.3) is 0 Å². The molecule has 2 N–H and O–H groups in total. The summed E-state index contributed by atoms with van der Waals surface area (Å²) >= 11 is 3.28. The molecule has 0 saturated carbocycles. The van der Waals surface area contributed by atoms with E-state index in [0.717, 1.165) is 17.8 Å². The maximum Gasteiger partial charge on any atom is 0.129 e. The Morgan fingerprint density at radius 1 is 1.24 bits per heavy atom. The van der Waals surface area contributed by atoms with E-state index in [0.29, 0.717) is 11.0 Å². The lowest BCUT2D eigenvalue weighted by molar-refractivity contribution is 0.471. The molecule has 4 nitrogen and oxygen atoms in total. The number of hydrogen-bond acceptors (Lipinski definition) is 4. The molecule has 5 heteroatoms. The van der Waals surface area contributed by atoms with E-state index in [1.54, 1.807) is 12.3 Å². The van der Waals surface area contributed by atoms with Gasteiger partial charge >= 0.3 is 0 Å². The number of nitrogens with zero attached hydrogens (tertiary/aromatic N) is 2. The van der Waals surface area contributed by atoms with Crippen molar-refractivity contribution >= 4 is 15.9 Å². The van der Waals surface area contributed by atoms with Gasteiger partial charge in [-0.15, -0.1) is 0 Å². The fourth-order valence-electron chi connectivity index (χ4n) is 1.42. The van der Waals surface area contributed by atoms with Gasteiger partial charge in [-0.25, -0.2) is 9.97 Å². The molecule has 1 aromatic heterocycles. The molecule has 0 fully saturated rings. The van der Waals surface area contributed by atoms with Crippen molar-refractivity contribution in [2.45, 2.75) is 13.1 Å². The summed E-state index contributed by atoms with van der Waals surface area (Å²) in [5, 5.41) is 12.6. The van der Waals surface area contributed by atoms with Crippen molar-refractivity contribution in [3.8, 4) is 5.75 Å². The number of aromatic hydroxyl groups is 1. The molecule has 1 heterocycles. The summed E-state index contributed by atoms with van der Waals surface area (Å²) in [5.41, 5.74) is 2.06. The molecule has 1 aromatic carbocycles. The van der Waals surface area contributed by atoms with Gasteiger partial charge in [0.2, 0.25) is 0 Å². The molecular formula is C12H12BrN3O. The van der Waals surface area contributed by atoms with E-state index in [2.05, 4.69) is 31.2 Å². The molecule has 0 unspecified atom stereocenters. The fourth-order valence-corrected chi connectivity index (χ4v) is 1.84. The molecule has 0 aliphatic carbocycles. The predicted molar refractivity (Wildman–Crippen MR) is 68.4 cm³/mol. The number of rotatable bonds is 4. The van der Waals surface area contributed by atoms with Crippen LogP contribution in [0.25, 0.3) is 0 Å². The SMILES string of the molecule is Oc1ccc(CNCc2ccncn2)cc1Br. The molecule has 0 aliphatic rings. The summed E-state index contributed by atoms with van der Waals surface area (Å²) < 4.78 is 0.707. The lowest BCUT2D eigenvalue weighted by Gasteiger charge is -2.05. The summed E-state index contributed by atoms with van der Waals surface area (Å²) in [6, 6.07) is 7.32. The van der Waals surface area contributed by atoms with E-state index in [4.69, 9.17) is 0 Å². The van der Waals surface area contributed by atoms with Gasteiger partial charge in [0.1, 0.15) is 12.1 Å². The zero-order valence-corrected chi connectivity index (χ0v) is 10.7. The summed E-state index contributed by atoms with van der Waals surface area (Å²) in [6.45, 7) is 1.42. The molecule has 0 radical (unpaired) electrons. The van der Waals surface area contributed by atoms with Gasteiger partial charge in [0.05, 0.1) is 10.2 Å². The molecule has 0 atom stereocenters. The number of benzene rings is 1. The smallest absolute Gasteiger partial charge is 0.129 e. The maximum absolute atomic E-state index is 9.36. The molecule has 0 aliphatic heterocycles. The lowest BCUT2D eigenvalue weighted by atomic mass is 10.2. The number of aromatic nitrogens is 2. The van der Waals surface area contributed by atoms with Crippen LogP contribution in [0.4, 0.5) is 0 Å². The monoisotopic (exact) mass is 293 g/mol. The van der Waals surface area contributed by atoms with Crippen LogP contribution in [0, 0.1) is 0 Å². The highest BCUT2D eigenvalue weighted by Gasteiger charge is 1.99. The van der Waals surface area contributed by atoms with E-state index >= 15 is 0 Å². The molecular weight excluding hydrogens is 282 g/mol. The maximum atomic E-state index is 9.36. The minimum absolute atomic E-state index is 0.254. The van der Waals surface area contributed by atoms with Gasteiger partial charge < -0.3 is 10.4 Å². The van der Waals surface area contributed by atoms with Crippen LogP contribution in [0.2, 0.25) is 0 Å². The van der Waals surface area contributed by atoms with Crippen molar-refractivity contribution < 1.29 is 5.11 Å². The standard InChI is InChI=1S/C12H12BrN3O/c13-11-5-9(1-2-12(11)17)6-15-7-10-3-4-14-8-16-10/h1-5,8,15,17H,6-7H2. The third-order valence-electron chi connectivity index (χ3n) is 2.29. The van der Waals surface area contributed by atoms with E-state index in [-0.39, 0.29) is 5.75 Å². The van der Waals surface area contributed by atoms with Gasteiger partial charge in [-0.2, -0.15) is 0 Å². The van der Waals surface area contributed by atoms with Crippen molar-refractivity contribution in [2.75, 3.05) is 0 Å². The second-order valence-corrected chi connectivity index (χ2v) is 4.44. The van der Waals surface area contributed by atoms with Crippen molar-refractivity contribution in [2.24, 2.45) is 0 Å². The highest BCUT2D eigenvalue weighted by molar-refractivity contribution is 9.10. The minimum Gasteiger partial charge on any atom is -0.507 e. The van der Waals surface area contributed by atoms with Crippen LogP contribution in [-0.4, -0.2) is 15.1 Å². The number of phenols is 1. The van der Waals surface area contributed by atoms with E-state index in [1.165, 1.54) is 6.33 Å². The quantitative estimate of drug-likeness (QED) is 0.908. The van der Waals surface area contributed by atoms with Gasteiger partial charge in [-0.3, -0.25) is 0 Å². The Morgan fingerprint density at radius 3 is 2.82 bits per heavy atom. The third kappa shape index (κ3) is 3.51. The van der Waals surface area contributed by atoms with E-state index in [1.807, 2.05) is 18.2 Å². The van der Waals surface area contributed by atoms with Crippen LogP contribution in [0.3, 0.4) is 0 Å². The lowest BCUT2D eigenvalue weighted by Crippen LogP contribution is -2.13. The number of phenolic OH excluding ortho intramolecular Hbond substituents is 1. The first-order valence-electron chi connectivity index (χ1n) is 5.19. The van der Waals surface area contributed by atoms with Gasteiger partial charge in [-0.1, -0.05) is 6.07 Å². The van der Waals surface area contributed by atoms with Crippen LogP contribution >= 0.6 is 15.9 Å². The average molecular weight is 294 g/mol. The van der Waals surface area contributed by atoms with Crippen LogP contribution in [0.15, 0.2) is 41.3 Å². The Balaban J connectivity index is 1.88. The van der Waals surface area contributed by atoms with Crippen LogP contribution < -0.4 is 5.32 Å². The number of nitrogens with one attached hydrogen (secondary N) is 1. The van der Waals surface area contributed by atoms with Gasteiger partial charge in [-0.05, 0) is 39.7 Å². The molecule has 0 spiro atoms. The van der Waals surface area contributed by atoms with Crippen molar-refractivity contribution in [3.63, 3.8) is 0 Å². The Bertz CT molecular complexity index is 490. The Labute approximate surface area is 108 Å². The Kier molecular flexibility index (Phi) is 4.06. The summed E-state index contributed by atoms with van der Waals surface area (Å²) in [5.74, 6) is 0.254. The number of hydrogen-bond donors (Lipinski definition) is 2. The predicted octanol–water partition coefficient (Wildman–Crippen LogP) is 2.23. The number of halogens is 1. The molecule has 88 valence electrons. The molecule has 2 rings (SSSR count). The molecule has 0 bridgehead atoms. The highest BCUT2D eigenvalue weighted by atomic mass is 79.9. The zero-order chi connectivity index (χ0) is 12.1. The van der Waals surface area contributed by atoms with E-state index in [9.17, 15) is 5.11 Å². The minimum atomic E-state index is 0.254. The molecule has 0 saturated heterocycles. The topological polar surface area (TPSA) is 58.0 Å². The average Bonchev–Trinajstić information content (AvgIpc) is 2.35. The van der Waals surface area contributed by atoms with Crippen molar-refractivity contribution in [3.05, 3.63) is 52.5 Å². The second kappa shape index (κ2) is 5.75. The van der Waals surface area contributed by atoms with Crippen LogP contribution in [0.1, 0.15) is 11.3 Å². The summed E-state index contributed by atoms with van der Waals surface area (Å²) in [6.07, 6.45) is 3.26. The normalized spacial score (nSPS) is 10.4.